The van der Waals surface area contributed by atoms with Crippen molar-refractivity contribution in [2.45, 2.75) is 40.5 Å². The normalized spacial score (nSPS) is 16.5. The smallest absolute Gasteiger partial charge is 0.465 e. The van der Waals surface area contributed by atoms with E-state index in [1.165, 1.54) is 0 Å². The molecule has 0 aromatic rings. The average Bonchev–Trinajstić information content (AvgIpc) is 2.73. The fourth-order valence-electron chi connectivity index (χ4n) is 1.45. The van der Waals surface area contributed by atoms with Gasteiger partial charge in [-0.05, 0) is 20.8 Å². The molecular weight excluding hydrogens is 294 g/mol. The lowest BCUT2D eigenvalue weighted by Gasteiger charge is -2.19. The van der Waals surface area contributed by atoms with Gasteiger partial charge in [0, 0.05) is 18.8 Å². The van der Waals surface area contributed by atoms with Gasteiger partial charge in [0.25, 0.3) is 11.8 Å². The molecule has 1 fully saturated rings. The maximum Gasteiger partial charge on any atom is 0.533 e. The van der Waals surface area contributed by atoms with Gasteiger partial charge in [-0.25, -0.2) is 4.79 Å². The van der Waals surface area contributed by atoms with E-state index >= 15 is 0 Å². The van der Waals surface area contributed by atoms with Gasteiger partial charge in [0.1, 0.15) is 6.61 Å². The molecule has 124 valence electrons. The minimum absolute atomic E-state index is 0.0191. The predicted molar refractivity (Wildman–Crippen MR) is 73.1 cm³/mol. The predicted octanol–water partition coefficient (Wildman–Crippen LogP) is 1.43. The van der Waals surface area contributed by atoms with Gasteiger partial charge in [-0.3, -0.25) is 19.2 Å². The summed E-state index contributed by atoms with van der Waals surface area (Å²) in [4.78, 5) is 50.0. The summed E-state index contributed by atoms with van der Waals surface area (Å²) in [6.45, 7) is 6.95. The fourth-order valence-corrected chi connectivity index (χ4v) is 1.45. The van der Waals surface area contributed by atoms with Crippen molar-refractivity contribution in [3.8, 4) is 0 Å². The number of rotatable bonds is 5. The number of nitrogens with zero attached hydrogens (tertiary/aromatic N) is 1. The lowest BCUT2D eigenvalue weighted by atomic mass is 9.97. The summed E-state index contributed by atoms with van der Waals surface area (Å²) in [6, 6.07) is 0. The van der Waals surface area contributed by atoms with E-state index in [1.54, 1.807) is 27.7 Å². The lowest BCUT2D eigenvalue weighted by Crippen LogP contribution is -2.33. The molecule has 1 atom stereocenters. The zero-order valence-electron chi connectivity index (χ0n) is 13.2. The molecular formula is C14H21NO7. The van der Waals surface area contributed by atoms with E-state index in [1.807, 2.05) is 0 Å². The second kappa shape index (κ2) is 7.24. The molecule has 1 aliphatic rings. The van der Waals surface area contributed by atoms with Crippen LogP contribution in [0.25, 0.3) is 0 Å². The van der Waals surface area contributed by atoms with Crippen molar-refractivity contribution in [1.29, 1.82) is 0 Å². The van der Waals surface area contributed by atoms with Crippen LogP contribution in [0.4, 0.5) is 4.79 Å². The zero-order chi connectivity index (χ0) is 16.9. The van der Waals surface area contributed by atoms with E-state index in [9.17, 15) is 19.2 Å². The Morgan fingerprint density at radius 3 is 2.09 bits per heavy atom. The average molecular weight is 315 g/mol. The third kappa shape index (κ3) is 5.34. The molecule has 0 aliphatic carbocycles. The molecule has 0 spiro atoms. The first kappa shape index (κ1) is 17.9. The minimum Gasteiger partial charge on any atom is -0.465 e. The molecule has 8 nitrogen and oxygen atoms in total. The molecule has 1 aliphatic heterocycles. The first-order chi connectivity index (χ1) is 10.1. The maximum absolute atomic E-state index is 11.6. The highest BCUT2D eigenvalue weighted by Crippen LogP contribution is 2.16. The van der Waals surface area contributed by atoms with Crippen molar-refractivity contribution in [1.82, 2.24) is 5.06 Å². The van der Waals surface area contributed by atoms with Gasteiger partial charge in [0.15, 0.2) is 0 Å². The quantitative estimate of drug-likeness (QED) is 0.559. The van der Waals surface area contributed by atoms with Gasteiger partial charge in [0.05, 0.1) is 12.0 Å². The molecule has 0 saturated carbocycles. The van der Waals surface area contributed by atoms with Crippen LogP contribution in [0, 0.1) is 11.3 Å². The second-order valence-electron chi connectivity index (χ2n) is 6.19. The molecule has 1 heterocycles. The van der Waals surface area contributed by atoms with Gasteiger partial charge in [-0.2, -0.15) is 0 Å². The summed E-state index contributed by atoms with van der Waals surface area (Å²) < 4.78 is 9.86. The van der Waals surface area contributed by atoms with Crippen molar-refractivity contribution < 1.29 is 33.5 Å². The van der Waals surface area contributed by atoms with E-state index in [-0.39, 0.29) is 37.9 Å². The Hall–Kier alpha value is -2.12. The van der Waals surface area contributed by atoms with Crippen LogP contribution in [0.1, 0.15) is 40.5 Å². The van der Waals surface area contributed by atoms with E-state index in [0.29, 0.717) is 5.06 Å². The molecule has 0 radical (unpaired) electrons. The minimum atomic E-state index is -1.14. The highest BCUT2D eigenvalue weighted by Gasteiger charge is 2.33. The number of carbonyl (C=O) groups is 4. The maximum atomic E-state index is 11.6. The van der Waals surface area contributed by atoms with Crippen LogP contribution in [0.2, 0.25) is 0 Å². The second-order valence-corrected chi connectivity index (χ2v) is 6.19. The van der Waals surface area contributed by atoms with Gasteiger partial charge >= 0.3 is 12.1 Å². The number of ether oxygens (including phenoxy) is 2. The zero-order valence-corrected chi connectivity index (χ0v) is 13.2. The number of hydrogen-bond donors (Lipinski definition) is 0. The number of hydrogen-bond acceptors (Lipinski definition) is 7. The van der Waals surface area contributed by atoms with E-state index in [4.69, 9.17) is 9.47 Å². The Balaban J connectivity index is 2.27. The standard InChI is InChI=1S/C14H21NO7/c1-9(7-20-12(18)14(2,3)4)8-21-13(19)22-15-10(16)5-6-11(15)17/h9H,5-8H2,1-4H3. The number of hydroxylamine groups is 2. The first-order valence-corrected chi connectivity index (χ1v) is 6.99. The highest BCUT2D eigenvalue weighted by atomic mass is 16.8. The topological polar surface area (TPSA) is 99.2 Å². The van der Waals surface area contributed by atoms with Crippen molar-refractivity contribution in [3.05, 3.63) is 0 Å². The lowest BCUT2D eigenvalue weighted by molar-refractivity contribution is -0.177. The van der Waals surface area contributed by atoms with Crippen LogP contribution in [-0.4, -0.2) is 42.2 Å². The van der Waals surface area contributed by atoms with Crippen LogP contribution < -0.4 is 0 Å². The monoisotopic (exact) mass is 315 g/mol. The van der Waals surface area contributed by atoms with E-state index in [2.05, 4.69) is 4.84 Å². The number of carbonyl (C=O) groups excluding carboxylic acids is 4. The van der Waals surface area contributed by atoms with Gasteiger partial charge in [-0.1, -0.05) is 12.0 Å². The summed E-state index contributed by atoms with van der Waals surface area (Å²) in [5.41, 5.74) is -0.601. The molecule has 1 saturated heterocycles. The Kier molecular flexibility index (Phi) is 5.90. The van der Waals surface area contributed by atoms with Crippen molar-refractivity contribution in [3.63, 3.8) is 0 Å². The van der Waals surface area contributed by atoms with E-state index < -0.39 is 23.4 Å². The van der Waals surface area contributed by atoms with Gasteiger partial charge in [-0.15, -0.1) is 0 Å². The molecule has 22 heavy (non-hydrogen) atoms. The molecule has 0 aromatic heterocycles. The number of esters is 1. The Morgan fingerprint density at radius 1 is 1.09 bits per heavy atom. The Labute approximate surface area is 128 Å². The Morgan fingerprint density at radius 2 is 1.59 bits per heavy atom. The summed E-state index contributed by atoms with van der Waals surface area (Å²) in [6.07, 6.45) is -1.10. The van der Waals surface area contributed by atoms with Gasteiger partial charge in [0.2, 0.25) is 0 Å². The number of imide groups is 1. The van der Waals surface area contributed by atoms with Gasteiger partial charge < -0.3 is 9.47 Å². The fraction of sp³-hybridized carbons (Fsp3) is 0.714. The van der Waals surface area contributed by atoms with Crippen LogP contribution in [0.5, 0.6) is 0 Å². The molecule has 1 rings (SSSR count). The van der Waals surface area contributed by atoms with Crippen molar-refractivity contribution in [2.24, 2.45) is 11.3 Å². The first-order valence-electron chi connectivity index (χ1n) is 6.99. The van der Waals surface area contributed by atoms with Crippen LogP contribution >= 0.6 is 0 Å². The molecule has 0 bridgehead atoms. The van der Waals surface area contributed by atoms with Crippen molar-refractivity contribution in [2.75, 3.05) is 13.2 Å². The third-order valence-electron chi connectivity index (χ3n) is 2.77. The summed E-state index contributed by atoms with van der Waals surface area (Å²) in [7, 11) is 0. The number of amides is 2. The molecule has 8 heteroatoms. The largest absolute Gasteiger partial charge is 0.533 e. The molecule has 1 unspecified atom stereocenters. The van der Waals surface area contributed by atoms with E-state index in [0.717, 1.165) is 0 Å². The summed E-state index contributed by atoms with van der Waals surface area (Å²) >= 11 is 0. The summed E-state index contributed by atoms with van der Waals surface area (Å²) in [5, 5.41) is 0.409. The summed E-state index contributed by atoms with van der Waals surface area (Å²) in [5.74, 6) is -1.75. The molecule has 0 aromatic carbocycles. The third-order valence-corrected chi connectivity index (χ3v) is 2.77. The SMILES string of the molecule is CC(COC(=O)ON1C(=O)CCC1=O)COC(=O)C(C)(C)C. The van der Waals surface area contributed by atoms with Crippen LogP contribution in [0.15, 0.2) is 0 Å². The molecule has 0 N–H and O–H groups in total. The van der Waals surface area contributed by atoms with Crippen molar-refractivity contribution >= 4 is 23.9 Å². The highest BCUT2D eigenvalue weighted by molar-refractivity contribution is 6.01. The van der Waals surface area contributed by atoms with Crippen LogP contribution in [0.3, 0.4) is 0 Å². The Bertz CT molecular complexity index is 450. The molecule has 2 amide bonds. The van der Waals surface area contributed by atoms with Crippen LogP contribution in [-0.2, 0) is 28.7 Å².